The molecule has 2 heterocycles. The Labute approximate surface area is 172 Å². The number of likely N-dealkylation sites (tertiary alicyclic amines) is 1. The Morgan fingerprint density at radius 2 is 2.03 bits per heavy atom. The third kappa shape index (κ3) is 6.27. The van der Waals surface area contributed by atoms with Crippen LogP contribution in [0.15, 0.2) is 48.7 Å². The lowest BCUT2D eigenvalue weighted by atomic mass is 9.98. The number of benzene rings is 1. The monoisotopic (exact) mass is 417 g/mol. The average molecular weight is 418 g/mol. The Balaban J connectivity index is 1.58. The predicted molar refractivity (Wildman–Crippen MR) is 111 cm³/mol. The quantitative estimate of drug-likeness (QED) is 0.748. The molecule has 2 atom stereocenters. The zero-order valence-corrected chi connectivity index (χ0v) is 17.6. The molecule has 156 valence electrons. The first kappa shape index (κ1) is 21.3. The molecule has 0 radical (unpaired) electrons. The first-order valence-electron chi connectivity index (χ1n) is 9.73. The van der Waals surface area contributed by atoms with Gasteiger partial charge in [-0.3, -0.25) is 4.79 Å². The second-order valence-corrected chi connectivity index (χ2v) is 9.27. The van der Waals surface area contributed by atoms with Crippen molar-refractivity contribution >= 4 is 15.9 Å². The van der Waals surface area contributed by atoms with Crippen LogP contribution in [0.5, 0.6) is 5.88 Å². The molecule has 0 saturated carbocycles. The van der Waals surface area contributed by atoms with E-state index in [1.54, 1.807) is 17.0 Å². The minimum Gasteiger partial charge on any atom is -0.470 e. The van der Waals surface area contributed by atoms with Crippen molar-refractivity contribution in [2.24, 2.45) is 5.92 Å². The highest BCUT2D eigenvalue weighted by Gasteiger charge is 2.25. The molecule has 1 aliphatic heterocycles. The van der Waals surface area contributed by atoms with E-state index in [1.165, 1.54) is 6.20 Å². The number of sulfonamides is 1. The molecule has 7 nitrogen and oxygen atoms in total. The number of ether oxygens (including phenoxy) is 1. The van der Waals surface area contributed by atoms with Crippen molar-refractivity contribution in [2.45, 2.75) is 25.9 Å². The van der Waals surface area contributed by atoms with Crippen LogP contribution in [-0.2, 0) is 10.0 Å². The molecule has 0 unspecified atom stereocenters. The van der Waals surface area contributed by atoms with Crippen LogP contribution in [0, 0.1) is 5.92 Å². The van der Waals surface area contributed by atoms with Gasteiger partial charge in [-0.1, -0.05) is 30.3 Å². The maximum absolute atomic E-state index is 12.8. The summed E-state index contributed by atoms with van der Waals surface area (Å²) in [7, 11) is -3.23. The molecule has 3 rings (SSSR count). The minimum absolute atomic E-state index is 0.0933. The smallest absolute Gasteiger partial charge is 0.255 e. The van der Waals surface area contributed by atoms with E-state index in [9.17, 15) is 13.2 Å². The number of nitrogens with zero attached hydrogens (tertiary/aromatic N) is 2. The first-order chi connectivity index (χ1) is 13.8. The van der Waals surface area contributed by atoms with E-state index >= 15 is 0 Å². The van der Waals surface area contributed by atoms with Gasteiger partial charge in [-0.05, 0) is 37.3 Å². The molecule has 1 N–H and O–H groups in total. The molecule has 29 heavy (non-hydrogen) atoms. The number of carbonyl (C=O) groups is 1. The van der Waals surface area contributed by atoms with E-state index in [-0.39, 0.29) is 17.9 Å². The van der Waals surface area contributed by atoms with Crippen LogP contribution in [-0.4, -0.2) is 50.1 Å². The fourth-order valence-corrected chi connectivity index (χ4v) is 3.96. The van der Waals surface area contributed by atoms with E-state index in [0.29, 0.717) is 31.1 Å². The number of piperidine rings is 1. The molecule has 0 bridgehead atoms. The molecule has 1 aromatic heterocycles. The summed E-state index contributed by atoms with van der Waals surface area (Å²) in [6.07, 6.45) is 4.29. The summed E-state index contributed by atoms with van der Waals surface area (Å²) in [5.41, 5.74) is 1.55. The fourth-order valence-electron chi connectivity index (χ4n) is 3.42. The summed E-state index contributed by atoms with van der Waals surface area (Å²) < 4.78 is 31.0. The molecular formula is C21H27N3O4S. The number of hydrogen-bond acceptors (Lipinski definition) is 5. The number of pyridine rings is 1. The van der Waals surface area contributed by atoms with Crippen LogP contribution >= 0.6 is 0 Å². The summed E-state index contributed by atoms with van der Waals surface area (Å²) in [5.74, 6) is 0.487. The van der Waals surface area contributed by atoms with Gasteiger partial charge >= 0.3 is 0 Å². The van der Waals surface area contributed by atoms with Crippen molar-refractivity contribution in [3.8, 4) is 5.88 Å². The van der Waals surface area contributed by atoms with E-state index in [0.717, 1.165) is 24.7 Å². The third-order valence-corrected chi connectivity index (χ3v) is 5.68. The summed E-state index contributed by atoms with van der Waals surface area (Å²) in [4.78, 5) is 18.9. The SMILES string of the molecule is C[C@@H](Oc1ccc(C(=O)N2CCC[C@H](CNS(C)(=O)=O)C2)cn1)c1ccccc1. The Hall–Kier alpha value is -2.45. The summed E-state index contributed by atoms with van der Waals surface area (Å²) in [5, 5.41) is 0. The molecule has 1 amide bonds. The second-order valence-electron chi connectivity index (χ2n) is 7.44. The largest absolute Gasteiger partial charge is 0.470 e. The van der Waals surface area contributed by atoms with Crippen molar-refractivity contribution in [1.29, 1.82) is 0 Å². The number of nitrogens with one attached hydrogen (secondary N) is 1. The third-order valence-electron chi connectivity index (χ3n) is 4.99. The van der Waals surface area contributed by atoms with Crippen LogP contribution in [0.3, 0.4) is 0 Å². The molecular weight excluding hydrogens is 390 g/mol. The highest BCUT2D eigenvalue weighted by Crippen LogP contribution is 2.21. The van der Waals surface area contributed by atoms with Crippen molar-refractivity contribution in [2.75, 3.05) is 25.9 Å². The van der Waals surface area contributed by atoms with Crippen LogP contribution in [0.2, 0.25) is 0 Å². The number of carbonyl (C=O) groups excluding carboxylic acids is 1. The maximum Gasteiger partial charge on any atom is 0.255 e. The van der Waals surface area contributed by atoms with Crippen molar-refractivity contribution in [1.82, 2.24) is 14.6 Å². The van der Waals surface area contributed by atoms with E-state index in [1.807, 2.05) is 37.3 Å². The standard InChI is InChI=1S/C21H27N3O4S/c1-16(18-8-4-3-5-9-18)28-20-11-10-19(14-22-20)21(25)24-12-6-7-17(15-24)13-23-29(2,26)27/h3-5,8-11,14,16-17,23H,6-7,12-13,15H2,1-2H3/t16-,17-/m1/s1. The topological polar surface area (TPSA) is 88.6 Å². The van der Waals surface area contributed by atoms with Gasteiger partial charge in [-0.2, -0.15) is 0 Å². The molecule has 0 aliphatic carbocycles. The van der Waals surface area contributed by atoms with E-state index in [4.69, 9.17) is 4.74 Å². The highest BCUT2D eigenvalue weighted by molar-refractivity contribution is 7.88. The van der Waals surface area contributed by atoms with Crippen molar-refractivity contribution in [3.63, 3.8) is 0 Å². The Morgan fingerprint density at radius 1 is 1.28 bits per heavy atom. The lowest BCUT2D eigenvalue weighted by Crippen LogP contribution is -2.43. The Morgan fingerprint density at radius 3 is 2.69 bits per heavy atom. The normalized spacial score (nSPS) is 18.3. The molecule has 0 spiro atoms. The van der Waals surface area contributed by atoms with E-state index < -0.39 is 10.0 Å². The summed E-state index contributed by atoms with van der Waals surface area (Å²) in [6.45, 7) is 3.50. The Kier molecular flexibility index (Phi) is 6.87. The zero-order chi connectivity index (χ0) is 20.9. The van der Waals surface area contributed by atoms with E-state index in [2.05, 4.69) is 9.71 Å². The van der Waals surface area contributed by atoms with Gasteiger partial charge < -0.3 is 9.64 Å². The van der Waals surface area contributed by atoms with Gasteiger partial charge in [0.1, 0.15) is 6.10 Å². The molecule has 1 saturated heterocycles. The molecule has 2 aromatic rings. The van der Waals surface area contributed by atoms with Gasteiger partial charge in [-0.25, -0.2) is 18.1 Å². The van der Waals surface area contributed by atoms with Crippen molar-refractivity contribution < 1.29 is 17.9 Å². The van der Waals surface area contributed by atoms with Crippen LogP contribution in [0.4, 0.5) is 0 Å². The van der Waals surface area contributed by atoms with Gasteiger partial charge in [0.15, 0.2) is 0 Å². The number of hydrogen-bond donors (Lipinski definition) is 1. The number of rotatable bonds is 7. The molecule has 1 aromatic carbocycles. The average Bonchev–Trinajstić information content (AvgIpc) is 2.72. The molecule has 8 heteroatoms. The lowest BCUT2D eigenvalue weighted by Gasteiger charge is -2.32. The first-order valence-corrected chi connectivity index (χ1v) is 11.6. The van der Waals surface area contributed by atoms with Crippen LogP contribution in [0.25, 0.3) is 0 Å². The number of amides is 1. The Bertz CT molecular complexity index is 917. The predicted octanol–water partition coefficient (Wildman–Crippen LogP) is 2.62. The van der Waals surface area contributed by atoms with Gasteiger partial charge in [0.2, 0.25) is 15.9 Å². The number of aromatic nitrogens is 1. The van der Waals surface area contributed by atoms with Gasteiger partial charge in [0.05, 0.1) is 11.8 Å². The second kappa shape index (κ2) is 9.37. The molecule has 1 aliphatic rings. The molecule has 1 fully saturated rings. The van der Waals surface area contributed by atoms with Crippen LogP contribution < -0.4 is 9.46 Å². The van der Waals surface area contributed by atoms with Crippen molar-refractivity contribution in [3.05, 3.63) is 59.8 Å². The van der Waals surface area contributed by atoms with Gasteiger partial charge in [0.25, 0.3) is 5.91 Å². The maximum atomic E-state index is 12.8. The zero-order valence-electron chi connectivity index (χ0n) is 16.7. The summed E-state index contributed by atoms with van der Waals surface area (Å²) >= 11 is 0. The highest BCUT2D eigenvalue weighted by atomic mass is 32.2. The lowest BCUT2D eigenvalue weighted by molar-refractivity contribution is 0.0676. The summed E-state index contributed by atoms with van der Waals surface area (Å²) in [6, 6.07) is 13.3. The van der Waals surface area contributed by atoms with Crippen LogP contribution in [0.1, 0.15) is 41.8 Å². The fraction of sp³-hybridized carbons (Fsp3) is 0.429. The minimum atomic E-state index is -3.23. The van der Waals surface area contributed by atoms with Gasteiger partial charge in [0, 0.05) is 31.9 Å². The van der Waals surface area contributed by atoms with Gasteiger partial charge in [-0.15, -0.1) is 0 Å².